The molecule has 0 aliphatic carbocycles. The predicted octanol–water partition coefficient (Wildman–Crippen LogP) is 1.57. The van der Waals surface area contributed by atoms with Crippen LogP contribution in [0.2, 0.25) is 0 Å². The molecule has 2 fully saturated rings. The molecule has 0 aromatic heterocycles. The number of hydrogen-bond donors (Lipinski definition) is 1. The molecule has 0 bridgehead atoms. The lowest BCUT2D eigenvalue weighted by Crippen LogP contribution is -2.34. The SMILES string of the molecule is C1CNC(CCCN2CCSCC2)C1. The van der Waals surface area contributed by atoms with Gasteiger partial charge in [0.2, 0.25) is 0 Å². The summed E-state index contributed by atoms with van der Waals surface area (Å²) in [5, 5.41) is 3.57. The Labute approximate surface area is 91.8 Å². The van der Waals surface area contributed by atoms with E-state index in [-0.39, 0.29) is 0 Å². The van der Waals surface area contributed by atoms with Crippen LogP contribution in [-0.2, 0) is 0 Å². The van der Waals surface area contributed by atoms with E-state index in [4.69, 9.17) is 0 Å². The molecule has 0 aromatic rings. The van der Waals surface area contributed by atoms with E-state index in [1.165, 1.54) is 63.4 Å². The van der Waals surface area contributed by atoms with Gasteiger partial charge in [-0.3, -0.25) is 0 Å². The molecule has 2 saturated heterocycles. The standard InChI is InChI=1S/C11H22N2S/c1-3-11(12-5-1)4-2-6-13-7-9-14-10-8-13/h11-12H,1-10H2. The first-order chi connectivity index (χ1) is 6.95. The highest BCUT2D eigenvalue weighted by Crippen LogP contribution is 2.13. The van der Waals surface area contributed by atoms with Gasteiger partial charge in [-0.1, -0.05) is 0 Å². The molecule has 82 valence electrons. The number of thioether (sulfide) groups is 1. The van der Waals surface area contributed by atoms with E-state index < -0.39 is 0 Å². The van der Waals surface area contributed by atoms with Crippen LogP contribution in [0, 0.1) is 0 Å². The highest BCUT2D eigenvalue weighted by atomic mass is 32.2. The second-order valence-electron chi connectivity index (χ2n) is 4.39. The number of nitrogens with zero attached hydrogens (tertiary/aromatic N) is 1. The minimum absolute atomic E-state index is 0.842. The molecule has 0 amide bonds. The summed E-state index contributed by atoms with van der Waals surface area (Å²) < 4.78 is 0. The van der Waals surface area contributed by atoms with E-state index >= 15 is 0 Å². The van der Waals surface area contributed by atoms with Gasteiger partial charge in [-0.05, 0) is 38.8 Å². The normalized spacial score (nSPS) is 29.6. The first-order valence-electron chi connectivity index (χ1n) is 5.98. The van der Waals surface area contributed by atoms with Crippen molar-refractivity contribution >= 4 is 11.8 Å². The third kappa shape index (κ3) is 3.44. The van der Waals surface area contributed by atoms with Crippen molar-refractivity contribution < 1.29 is 0 Å². The van der Waals surface area contributed by atoms with Crippen LogP contribution in [0.3, 0.4) is 0 Å². The van der Waals surface area contributed by atoms with Crippen molar-refractivity contribution in [2.24, 2.45) is 0 Å². The number of hydrogen-bond acceptors (Lipinski definition) is 3. The van der Waals surface area contributed by atoms with Crippen LogP contribution in [0.15, 0.2) is 0 Å². The lowest BCUT2D eigenvalue weighted by Gasteiger charge is -2.26. The molecule has 0 aromatic carbocycles. The molecular formula is C11H22N2S. The van der Waals surface area contributed by atoms with Crippen molar-refractivity contribution in [2.45, 2.75) is 31.7 Å². The van der Waals surface area contributed by atoms with Gasteiger partial charge < -0.3 is 10.2 Å². The fourth-order valence-corrected chi connectivity index (χ4v) is 3.37. The molecule has 2 rings (SSSR count). The molecule has 0 radical (unpaired) electrons. The molecule has 1 unspecified atom stereocenters. The summed E-state index contributed by atoms with van der Waals surface area (Å²) in [6.45, 7) is 5.23. The molecule has 2 aliphatic rings. The van der Waals surface area contributed by atoms with Crippen molar-refractivity contribution in [3.8, 4) is 0 Å². The van der Waals surface area contributed by atoms with Crippen LogP contribution in [0.4, 0.5) is 0 Å². The second-order valence-corrected chi connectivity index (χ2v) is 5.61. The van der Waals surface area contributed by atoms with E-state index in [2.05, 4.69) is 22.0 Å². The first kappa shape index (κ1) is 10.8. The molecular weight excluding hydrogens is 192 g/mol. The maximum Gasteiger partial charge on any atom is 0.00727 e. The third-order valence-corrected chi connectivity index (χ3v) is 4.24. The molecule has 0 spiro atoms. The summed E-state index contributed by atoms with van der Waals surface area (Å²) >= 11 is 2.10. The fourth-order valence-electron chi connectivity index (χ4n) is 2.39. The monoisotopic (exact) mass is 214 g/mol. The minimum atomic E-state index is 0.842. The van der Waals surface area contributed by atoms with Crippen molar-refractivity contribution in [1.29, 1.82) is 0 Å². The number of rotatable bonds is 4. The fraction of sp³-hybridized carbons (Fsp3) is 1.00. The molecule has 1 atom stereocenters. The topological polar surface area (TPSA) is 15.3 Å². The third-order valence-electron chi connectivity index (χ3n) is 3.29. The molecule has 2 nitrogen and oxygen atoms in total. The smallest absolute Gasteiger partial charge is 0.00727 e. The molecule has 2 aliphatic heterocycles. The van der Waals surface area contributed by atoms with E-state index in [0.717, 1.165) is 6.04 Å². The zero-order valence-corrected chi connectivity index (χ0v) is 9.82. The largest absolute Gasteiger partial charge is 0.314 e. The lowest BCUT2D eigenvalue weighted by atomic mass is 10.1. The van der Waals surface area contributed by atoms with Gasteiger partial charge in [0.05, 0.1) is 0 Å². The van der Waals surface area contributed by atoms with Gasteiger partial charge in [0.15, 0.2) is 0 Å². The molecule has 0 saturated carbocycles. The average molecular weight is 214 g/mol. The summed E-state index contributed by atoms with van der Waals surface area (Å²) in [6, 6.07) is 0.842. The van der Waals surface area contributed by atoms with Crippen LogP contribution in [0.1, 0.15) is 25.7 Å². The molecule has 3 heteroatoms. The Hall–Kier alpha value is 0.270. The van der Waals surface area contributed by atoms with E-state index in [9.17, 15) is 0 Å². The zero-order valence-electron chi connectivity index (χ0n) is 9.00. The van der Waals surface area contributed by atoms with Gasteiger partial charge in [0.25, 0.3) is 0 Å². The van der Waals surface area contributed by atoms with E-state index in [1.54, 1.807) is 0 Å². The minimum Gasteiger partial charge on any atom is -0.314 e. The van der Waals surface area contributed by atoms with E-state index in [1.807, 2.05) is 0 Å². The Morgan fingerprint density at radius 2 is 2.14 bits per heavy atom. The van der Waals surface area contributed by atoms with Crippen LogP contribution in [0.25, 0.3) is 0 Å². The van der Waals surface area contributed by atoms with Gasteiger partial charge in [-0.15, -0.1) is 0 Å². The van der Waals surface area contributed by atoms with Crippen LogP contribution >= 0.6 is 11.8 Å². The highest BCUT2D eigenvalue weighted by molar-refractivity contribution is 7.99. The van der Waals surface area contributed by atoms with Gasteiger partial charge >= 0.3 is 0 Å². The predicted molar refractivity (Wildman–Crippen MR) is 64.0 cm³/mol. The second kappa shape index (κ2) is 5.99. The van der Waals surface area contributed by atoms with Gasteiger partial charge in [-0.25, -0.2) is 0 Å². The van der Waals surface area contributed by atoms with Crippen molar-refractivity contribution in [3.05, 3.63) is 0 Å². The van der Waals surface area contributed by atoms with Gasteiger partial charge in [0, 0.05) is 30.6 Å². The summed E-state index contributed by atoms with van der Waals surface area (Å²) in [5.41, 5.74) is 0. The van der Waals surface area contributed by atoms with E-state index in [0.29, 0.717) is 0 Å². The number of nitrogens with one attached hydrogen (secondary N) is 1. The van der Waals surface area contributed by atoms with Crippen LogP contribution < -0.4 is 5.32 Å². The van der Waals surface area contributed by atoms with Crippen LogP contribution in [-0.4, -0.2) is 48.6 Å². The Balaban J connectivity index is 1.52. The Bertz CT molecular complexity index is 151. The summed E-state index contributed by atoms with van der Waals surface area (Å²) in [4.78, 5) is 2.63. The Kier molecular flexibility index (Phi) is 4.61. The summed E-state index contributed by atoms with van der Waals surface area (Å²) in [7, 11) is 0. The van der Waals surface area contributed by atoms with Gasteiger partial charge in [0.1, 0.15) is 0 Å². The molecule has 2 heterocycles. The maximum atomic E-state index is 3.57. The lowest BCUT2D eigenvalue weighted by molar-refractivity contribution is 0.290. The van der Waals surface area contributed by atoms with Crippen molar-refractivity contribution in [1.82, 2.24) is 10.2 Å². The zero-order chi connectivity index (χ0) is 9.64. The molecule has 14 heavy (non-hydrogen) atoms. The highest BCUT2D eigenvalue weighted by Gasteiger charge is 2.14. The van der Waals surface area contributed by atoms with Gasteiger partial charge in [-0.2, -0.15) is 11.8 Å². The quantitative estimate of drug-likeness (QED) is 0.765. The summed E-state index contributed by atoms with van der Waals surface area (Å²) in [5.74, 6) is 2.70. The van der Waals surface area contributed by atoms with Crippen molar-refractivity contribution in [3.63, 3.8) is 0 Å². The molecule has 1 N–H and O–H groups in total. The van der Waals surface area contributed by atoms with Crippen molar-refractivity contribution in [2.75, 3.05) is 37.7 Å². The Morgan fingerprint density at radius 1 is 1.29 bits per heavy atom. The summed E-state index contributed by atoms with van der Waals surface area (Å²) in [6.07, 6.45) is 5.59. The maximum absolute atomic E-state index is 3.57. The average Bonchev–Trinajstić information content (AvgIpc) is 2.72. The first-order valence-corrected chi connectivity index (χ1v) is 7.14. The van der Waals surface area contributed by atoms with Crippen LogP contribution in [0.5, 0.6) is 0 Å². The Morgan fingerprint density at radius 3 is 2.86 bits per heavy atom.